The van der Waals surface area contributed by atoms with E-state index in [1.807, 2.05) is 167 Å². The van der Waals surface area contributed by atoms with Crippen molar-refractivity contribution in [2.75, 3.05) is 20.8 Å². The number of aliphatic carboxylic acids is 1. The second kappa shape index (κ2) is 36.0. The van der Waals surface area contributed by atoms with Gasteiger partial charge in [0.1, 0.15) is 47.0 Å². The number of fused-ring (bicyclic) bond motifs is 4. The number of imide groups is 3. The number of carboxylic acid groups (broad SMARTS) is 1. The van der Waals surface area contributed by atoms with Crippen LogP contribution >= 0.6 is 0 Å². The molecule has 117 heavy (non-hydrogen) atoms. The minimum Gasteiger partial charge on any atom is -0.481 e. The first-order chi connectivity index (χ1) is 54.8. The van der Waals surface area contributed by atoms with E-state index in [-0.39, 0.29) is 91.1 Å². The number of hydrogen-bond donors (Lipinski definition) is 2. The molecule has 0 spiro atoms. The maximum atomic E-state index is 13.5. The van der Waals surface area contributed by atoms with Gasteiger partial charge in [0.05, 0.1) is 78.9 Å². The van der Waals surface area contributed by atoms with Crippen molar-refractivity contribution in [3.05, 3.63) is 108 Å². The number of hydrogen-bond acceptors (Lipinski definition) is 22. The molecular formula is C87H121N7O23. The summed E-state index contributed by atoms with van der Waals surface area (Å²) in [6.45, 7) is 32.3. The van der Waals surface area contributed by atoms with Crippen molar-refractivity contribution in [2.45, 2.75) is 302 Å². The first kappa shape index (κ1) is 89.9. The van der Waals surface area contributed by atoms with Crippen molar-refractivity contribution in [1.82, 2.24) is 34.3 Å². The van der Waals surface area contributed by atoms with Gasteiger partial charge in [0.2, 0.25) is 17.7 Å². The number of likely N-dealkylation sites (tertiary alicyclic amines) is 4. The molecule has 0 unspecified atom stereocenters. The molecule has 7 heterocycles. The molecule has 10 amide bonds. The van der Waals surface area contributed by atoms with E-state index in [1.165, 1.54) is 16.9 Å². The van der Waals surface area contributed by atoms with Gasteiger partial charge >= 0.3 is 48.6 Å². The van der Waals surface area contributed by atoms with Gasteiger partial charge in [-0.15, -0.1) is 0 Å². The number of carboxylic acids is 1. The van der Waals surface area contributed by atoms with Crippen molar-refractivity contribution >= 4 is 72.6 Å². The number of rotatable bonds is 16. The molecule has 7 saturated heterocycles. The van der Waals surface area contributed by atoms with E-state index in [2.05, 4.69) is 0 Å². The van der Waals surface area contributed by atoms with Gasteiger partial charge in [-0.2, -0.15) is 0 Å². The zero-order valence-electron chi connectivity index (χ0n) is 71.2. The molecule has 23 atom stereocenters. The predicted molar refractivity (Wildman–Crippen MR) is 424 cm³/mol. The van der Waals surface area contributed by atoms with Crippen molar-refractivity contribution < 1.29 is 110 Å². The van der Waals surface area contributed by atoms with Crippen LogP contribution in [0.1, 0.15) is 217 Å². The van der Waals surface area contributed by atoms with Gasteiger partial charge in [-0.05, 0) is 196 Å². The van der Waals surface area contributed by atoms with Crippen LogP contribution in [0, 0.1) is 41.4 Å². The number of cyclic esters (lactones) is 3. The summed E-state index contributed by atoms with van der Waals surface area (Å²) >= 11 is 0. The highest BCUT2D eigenvalue weighted by atomic mass is 16.6. The van der Waals surface area contributed by atoms with E-state index in [0.29, 0.717) is 36.5 Å². The van der Waals surface area contributed by atoms with E-state index < -0.39 is 119 Å². The summed E-state index contributed by atoms with van der Waals surface area (Å²) in [6.07, 6.45) is 0.957. The summed E-state index contributed by atoms with van der Waals surface area (Å²) in [7, 11) is 3.05. The maximum Gasteiger partial charge on any atom is 0.417 e. The number of piperidine rings is 4. The Labute approximate surface area is 686 Å². The number of ether oxygens (including phenoxy) is 9. The molecule has 14 rings (SSSR count). The second-order valence-corrected chi connectivity index (χ2v) is 36.7. The molecule has 4 saturated carbocycles. The van der Waals surface area contributed by atoms with Crippen LogP contribution in [0.25, 0.3) is 0 Å². The topological polar surface area (TPSA) is 351 Å². The maximum absolute atomic E-state index is 13.5. The number of carbonyl (C=O) groups is 12. The molecule has 4 aliphatic carbocycles. The molecule has 30 heteroatoms. The van der Waals surface area contributed by atoms with Crippen molar-refractivity contribution in [1.29, 1.82) is 0 Å². The van der Waals surface area contributed by atoms with Crippen LogP contribution in [0.2, 0.25) is 0 Å². The number of amides is 10. The highest BCUT2D eigenvalue weighted by Crippen LogP contribution is 2.54. The van der Waals surface area contributed by atoms with E-state index >= 15 is 0 Å². The van der Waals surface area contributed by atoms with Crippen LogP contribution in [0.15, 0.2) is 91.0 Å². The monoisotopic (exact) mass is 1630 g/mol. The minimum absolute atomic E-state index is 0.0519. The molecule has 0 radical (unpaired) electrons. The Morgan fingerprint density at radius 2 is 0.812 bits per heavy atom. The van der Waals surface area contributed by atoms with E-state index in [4.69, 9.17) is 42.6 Å². The molecule has 2 N–H and O–H groups in total. The summed E-state index contributed by atoms with van der Waals surface area (Å²) in [4.78, 5) is 157. The Hall–Kier alpha value is -9.42. The molecule has 0 bridgehead atoms. The Morgan fingerprint density at radius 1 is 0.462 bits per heavy atom. The number of benzene rings is 3. The van der Waals surface area contributed by atoms with E-state index in [0.717, 1.165) is 72.8 Å². The molecule has 3 aromatic carbocycles. The van der Waals surface area contributed by atoms with E-state index in [1.54, 1.807) is 75.2 Å². The standard InChI is InChI=1S/C25H34N2O6.C23H30N2O6.C15H25NO5.C13H15NO3.C11H17NO3/c1-14(22(28)26-15(2)21(32-23(26)29)16-10-8-7-9-11-16)20(31-6)19-13-17-12-18(17)27(19)24(30)33-25(3,4)5;1-13(20(27)24-12-18(30-21(24)28)14-8-6-5-7-9-14)19(26)17-11-15-10-16(15)25(17)22(29)31-23(2,3)4;1-8(13(17)18)12(20-5)11-7-9-6-10(9)16(11)14(19)21-15(2,3)4;1-3-11(15)14-9(2)12(17-13(14)16)10-7-5-4-6-8-10;1-11(2,3)15-10(14)12-8(6-13)4-7-5-9(7)12/h7-11,14-15,17-21H,12-13H2,1-6H3;5-9,13,15-19,26H,10-12H2,1-4H3;8-12H,6-7H2,1-5H3,(H,17,18);4-9,12H,3H2,1-2H3;6-9H,4-5H2,1-3H3/t14-,15-,17+,18+,19+,20-,21-;13-,15+,16+,17+,18-,19-;8-,9+,10+,11+,12-;9-,12-;7-,8+,9+/m11111/s1. The van der Waals surface area contributed by atoms with Crippen molar-refractivity contribution in [3.63, 3.8) is 0 Å². The fourth-order valence-electron chi connectivity index (χ4n) is 17.3. The lowest BCUT2D eigenvalue weighted by Crippen LogP contribution is -2.53. The number of carbonyl (C=O) groups excluding carboxylic acids is 11. The van der Waals surface area contributed by atoms with Gasteiger partial charge in [0.25, 0.3) is 0 Å². The minimum atomic E-state index is -1.10. The molecule has 11 fully saturated rings. The first-order valence-electron chi connectivity index (χ1n) is 41.0. The molecule has 7 aliphatic heterocycles. The summed E-state index contributed by atoms with van der Waals surface area (Å²) in [5.41, 5.74) is 0.266. The molecule has 11 aliphatic rings. The third-order valence-electron chi connectivity index (χ3n) is 23.4. The fraction of sp³-hybridized carbons (Fsp3) is 0.655. The Kier molecular flexibility index (Phi) is 27.7. The van der Waals surface area contributed by atoms with Gasteiger partial charge in [-0.25, -0.2) is 48.3 Å². The number of methoxy groups -OCH3 is 2. The largest absolute Gasteiger partial charge is 0.481 e. The van der Waals surface area contributed by atoms with Crippen molar-refractivity contribution in [3.8, 4) is 0 Å². The third-order valence-corrected chi connectivity index (χ3v) is 23.4. The third kappa shape index (κ3) is 21.2. The highest BCUT2D eigenvalue weighted by molar-refractivity contribution is 5.96. The average Bonchev–Trinajstić information content (AvgIpc) is 1.58. The zero-order chi connectivity index (χ0) is 86.2. The number of nitrogens with zero attached hydrogens (tertiary/aromatic N) is 7. The zero-order valence-corrected chi connectivity index (χ0v) is 71.2. The molecule has 642 valence electrons. The van der Waals surface area contributed by atoms with Crippen molar-refractivity contribution in [2.24, 2.45) is 41.4 Å². The molecule has 30 nitrogen and oxygen atoms in total. The molecule has 0 aromatic heterocycles. The van der Waals surface area contributed by atoms with Crippen LogP contribution in [0.3, 0.4) is 0 Å². The lowest BCUT2D eigenvalue weighted by atomic mass is 9.92. The molecule has 3 aromatic rings. The van der Waals surface area contributed by atoms with Crippen LogP contribution < -0.4 is 0 Å². The fourth-order valence-corrected chi connectivity index (χ4v) is 17.3. The Bertz CT molecular complexity index is 4090. The van der Waals surface area contributed by atoms with Gasteiger partial charge in [0, 0.05) is 44.8 Å². The number of aliphatic hydroxyl groups excluding tert-OH is 1. The van der Waals surface area contributed by atoms with Gasteiger partial charge in [-0.3, -0.25) is 38.8 Å². The quantitative estimate of drug-likeness (QED) is 0.0993. The lowest BCUT2D eigenvalue weighted by molar-refractivity contribution is -0.148. The van der Waals surface area contributed by atoms with Crippen LogP contribution in [0.4, 0.5) is 33.6 Å². The lowest BCUT2D eigenvalue weighted by Gasteiger charge is -2.37. The first-order valence-corrected chi connectivity index (χ1v) is 41.0. The van der Waals surface area contributed by atoms with Gasteiger partial charge in [0.15, 0.2) is 0 Å². The normalized spacial score (nSPS) is 29.6. The highest BCUT2D eigenvalue weighted by Gasteiger charge is 2.62. The van der Waals surface area contributed by atoms with Gasteiger partial charge < -0.3 is 57.6 Å². The Balaban J connectivity index is 0.000000159. The summed E-state index contributed by atoms with van der Waals surface area (Å²) in [6, 6.07) is 26.8. The number of aliphatic hydroxyl groups is 1. The predicted octanol–water partition coefficient (Wildman–Crippen LogP) is 13.5. The Morgan fingerprint density at radius 3 is 1.20 bits per heavy atom. The summed E-state index contributed by atoms with van der Waals surface area (Å²) in [5.74, 6) is -2.41. The second-order valence-electron chi connectivity index (χ2n) is 36.7. The van der Waals surface area contributed by atoms with Crippen LogP contribution in [0.5, 0.6) is 0 Å². The SMILES string of the molecule is CC(C)(C)OC(=O)N1[C@H](C=O)C[C@@H]2C[C@@H]21.CCC(=O)N1C(=O)O[C@@H](c2ccccc2)[C@H]1C.CO[C@H]([C@@H](C)C(=O)N1C(=O)O[C@@H](c2ccccc2)[C@H]1C)[C@@H]1C[C@@H]2C[C@@H]2N1C(=O)OC(C)(C)C.CO[C@H]([C@@H](C)C(=O)O)[C@@H]1C[C@@H]2C[C@@H]2N1C(=O)OC(C)(C)C.C[C@@H](C(=O)N1C[C@H](c2ccccc2)OC1=O)[C@@H](O)[C@@H]1C[C@@H]2C[C@@H]2N1C(=O)OC(C)(C)C. The van der Waals surface area contributed by atoms with E-state index in [9.17, 15) is 67.7 Å². The summed E-state index contributed by atoms with van der Waals surface area (Å²) in [5, 5.41) is 20.2. The average molecular weight is 1630 g/mol. The molecular weight excluding hydrogens is 1510 g/mol. The van der Waals surface area contributed by atoms with Gasteiger partial charge in [-0.1, -0.05) is 112 Å². The van der Waals surface area contributed by atoms with Crippen LogP contribution in [-0.2, 0) is 66.6 Å². The van der Waals surface area contributed by atoms with Crippen LogP contribution in [-0.4, -0.2) is 239 Å². The summed E-state index contributed by atoms with van der Waals surface area (Å²) < 4.78 is 49.3. The smallest absolute Gasteiger partial charge is 0.417 e. The number of aldehydes is 1.